The van der Waals surface area contributed by atoms with Crippen LogP contribution in [0.25, 0.3) is 0 Å². The van der Waals surface area contributed by atoms with Crippen LogP contribution in [0.3, 0.4) is 0 Å². The highest BCUT2D eigenvalue weighted by Gasteiger charge is 2.14. The van der Waals surface area contributed by atoms with Crippen molar-refractivity contribution in [2.45, 2.75) is 64.4 Å². The third-order valence-electron chi connectivity index (χ3n) is 3.08. The van der Waals surface area contributed by atoms with E-state index in [0.717, 1.165) is 6.61 Å². The highest BCUT2D eigenvalue weighted by atomic mass is 16.5. The molecule has 0 atom stereocenters. The van der Waals surface area contributed by atoms with Gasteiger partial charge >= 0.3 is 0 Å². The Morgan fingerprint density at radius 1 is 1.07 bits per heavy atom. The normalized spacial score (nSPS) is 17.4. The minimum atomic E-state index is 0.600. The van der Waals surface area contributed by atoms with E-state index in [2.05, 4.69) is 12.2 Å². The molecule has 0 heterocycles. The number of ether oxygens (including phenoxy) is 1. The predicted octanol–water partition coefficient (Wildman–Crippen LogP) is 3.12. The van der Waals surface area contributed by atoms with E-state index in [0.29, 0.717) is 6.10 Å². The van der Waals surface area contributed by atoms with E-state index < -0.39 is 0 Å². The van der Waals surface area contributed by atoms with Crippen molar-refractivity contribution in [3.8, 4) is 0 Å². The molecule has 1 fully saturated rings. The van der Waals surface area contributed by atoms with Crippen LogP contribution in [0.5, 0.6) is 0 Å². The number of hydrogen-bond donors (Lipinski definition) is 1. The van der Waals surface area contributed by atoms with E-state index in [4.69, 9.17) is 4.74 Å². The molecule has 0 aromatic rings. The van der Waals surface area contributed by atoms with Crippen LogP contribution in [0.1, 0.15) is 58.3 Å². The minimum Gasteiger partial charge on any atom is -0.378 e. The Morgan fingerprint density at radius 2 is 1.87 bits per heavy atom. The molecule has 1 rings (SSSR count). The van der Waals surface area contributed by atoms with E-state index in [-0.39, 0.29) is 0 Å². The zero-order valence-electron chi connectivity index (χ0n) is 10.3. The van der Waals surface area contributed by atoms with Crippen molar-refractivity contribution in [2.24, 2.45) is 0 Å². The molecular formula is C13H27NO. The molecule has 0 aromatic heterocycles. The van der Waals surface area contributed by atoms with E-state index in [9.17, 15) is 0 Å². The molecule has 0 unspecified atom stereocenters. The van der Waals surface area contributed by atoms with Crippen LogP contribution in [-0.4, -0.2) is 25.8 Å². The second kappa shape index (κ2) is 9.17. The summed E-state index contributed by atoms with van der Waals surface area (Å²) in [6.45, 7) is 5.54. The molecule has 0 radical (unpaired) electrons. The van der Waals surface area contributed by atoms with Crippen LogP contribution in [-0.2, 0) is 4.74 Å². The first-order chi connectivity index (χ1) is 7.43. The molecule has 1 N–H and O–H groups in total. The number of hydrogen-bond acceptors (Lipinski definition) is 2. The van der Waals surface area contributed by atoms with Gasteiger partial charge in [0.15, 0.2) is 0 Å². The molecule has 1 aliphatic rings. The van der Waals surface area contributed by atoms with Crippen molar-refractivity contribution < 1.29 is 4.74 Å². The Kier molecular flexibility index (Phi) is 7.94. The van der Waals surface area contributed by atoms with Crippen LogP contribution in [0, 0.1) is 0 Å². The van der Waals surface area contributed by atoms with Crippen LogP contribution < -0.4 is 5.32 Å². The van der Waals surface area contributed by atoms with Crippen molar-refractivity contribution in [3.63, 3.8) is 0 Å². The Labute approximate surface area is 94.8 Å². The summed E-state index contributed by atoms with van der Waals surface area (Å²) in [5, 5.41) is 3.43. The molecule has 0 bridgehead atoms. The minimum absolute atomic E-state index is 0.600. The molecular weight excluding hydrogens is 186 g/mol. The number of nitrogens with one attached hydrogen (secondary N) is 1. The van der Waals surface area contributed by atoms with Crippen molar-refractivity contribution in [1.82, 2.24) is 5.32 Å². The lowest BCUT2D eigenvalue weighted by Crippen LogP contribution is -2.16. The van der Waals surface area contributed by atoms with Crippen molar-refractivity contribution in [2.75, 3.05) is 19.7 Å². The van der Waals surface area contributed by atoms with Crippen LogP contribution >= 0.6 is 0 Å². The molecule has 0 saturated heterocycles. The molecule has 1 saturated carbocycles. The zero-order chi connectivity index (χ0) is 10.8. The quantitative estimate of drug-likeness (QED) is 0.594. The average Bonchev–Trinajstić information content (AvgIpc) is 2.75. The van der Waals surface area contributed by atoms with Crippen LogP contribution in [0.4, 0.5) is 0 Å². The Morgan fingerprint density at radius 3 is 2.60 bits per heavy atom. The van der Waals surface area contributed by atoms with Gasteiger partial charge in [0.05, 0.1) is 6.10 Å². The first-order valence-corrected chi connectivity index (χ1v) is 6.76. The third-order valence-corrected chi connectivity index (χ3v) is 3.08. The van der Waals surface area contributed by atoms with Gasteiger partial charge in [-0.3, -0.25) is 0 Å². The third kappa shape index (κ3) is 6.91. The van der Waals surface area contributed by atoms with Gasteiger partial charge in [0.2, 0.25) is 0 Å². The summed E-state index contributed by atoms with van der Waals surface area (Å²) < 4.78 is 5.81. The largest absolute Gasteiger partial charge is 0.378 e. The average molecular weight is 213 g/mol. The topological polar surface area (TPSA) is 21.3 Å². The predicted molar refractivity (Wildman–Crippen MR) is 65.2 cm³/mol. The second-order valence-corrected chi connectivity index (χ2v) is 4.59. The van der Waals surface area contributed by atoms with E-state index in [1.54, 1.807) is 0 Å². The van der Waals surface area contributed by atoms with Gasteiger partial charge in [-0.15, -0.1) is 0 Å². The maximum absolute atomic E-state index is 5.81. The highest BCUT2D eigenvalue weighted by Crippen LogP contribution is 2.20. The first-order valence-electron chi connectivity index (χ1n) is 6.76. The van der Waals surface area contributed by atoms with Gasteiger partial charge in [0.25, 0.3) is 0 Å². The standard InChI is InChI=1S/C13H27NO/c1-2-10-14-11-6-3-7-12-15-13-8-4-5-9-13/h13-14H,2-12H2,1H3. The molecule has 0 amide bonds. The first kappa shape index (κ1) is 13.0. The summed E-state index contributed by atoms with van der Waals surface area (Å²) in [4.78, 5) is 0. The lowest BCUT2D eigenvalue weighted by molar-refractivity contribution is 0.0557. The molecule has 2 heteroatoms. The smallest absolute Gasteiger partial charge is 0.0575 e. The van der Waals surface area contributed by atoms with Gasteiger partial charge in [-0.25, -0.2) is 0 Å². The van der Waals surface area contributed by atoms with Crippen LogP contribution in [0.2, 0.25) is 0 Å². The van der Waals surface area contributed by atoms with Gasteiger partial charge in [-0.05, 0) is 51.6 Å². The second-order valence-electron chi connectivity index (χ2n) is 4.59. The van der Waals surface area contributed by atoms with Crippen LogP contribution in [0.15, 0.2) is 0 Å². The van der Waals surface area contributed by atoms with E-state index >= 15 is 0 Å². The summed E-state index contributed by atoms with van der Waals surface area (Å²) >= 11 is 0. The number of unbranched alkanes of at least 4 members (excludes halogenated alkanes) is 2. The van der Waals surface area contributed by atoms with Crippen molar-refractivity contribution >= 4 is 0 Å². The fourth-order valence-electron chi connectivity index (χ4n) is 2.14. The summed E-state index contributed by atoms with van der Waals surface area (Å²) in [6.07, 6.45) is 11.1. The molecule has 90 valence electrons. The number of rotatable bonds is 9. The van der Waals surface area contributed by atoms with Gasteiger partial charge in [-0.2, -0.15) is 0 Å². The fourth-order valence-corrected chi connectivity index (χ4v) is 2.14. The summed E-state index contributed by atoms with van der Waals surface area (Å²) in [7, 11) is 0. The molecule has 0 aromatic carbocycles. The van der Waals surface area contributed by atoms with Gasteiger partial charge in [0.1, 0.15) is 0 Å². The van der Waals surface area contributed by atoms with Gasteiger partial charge < -0.3 is 10.1 Å². The fraction of sp³-hybridized carbons (Fsp3) is 1.00. The summed E-state index contributed by atoms with van der Waals surface area (Å²) in [5.74, 6) is 0. The Hall–Kier alpha value is -0.0800. The molecule has 15 heavy (non-hydrogen) atoms. The van der Waals surface area contributed by atoms with Crippen molar-refractivity contribution in [1.29, 1.82) is 0 Å². The van der Waals surface area contributed by atoms with Gasteiger partial charge in [-0.1, -0.05) is 19.8 Å². The molecule has 0 aliphatic heterocycles. The Balaban J connectivity index is 1.73. The van der Waals surface area contributed by atoms with E-state index in [1.807, 2.05) is 0 Å². The van der Waals surface area contributed by atoms with E-state index in [1.165, 1.54) is 64.5 Å². The Bertz CT molecular complexity index is 132. The monoisotopic (exact) mass is 213 g/mol. The maximum Gasteiger partial charge on any atom is 0.0575 e. The SMILES string of the molecule is CCCNCCCCCOC1CCCC1. The maximum atomic E-state index is 5.81. The highest BCUT2D eigenvalue weighted by molar-refractivity contribution is 4.66. The summed E-state index contributed by atoms with van der Waals surface area (Å²) in [5.41, 5.74) is 0. The zero-order valence-corrected chi connectivity index (χ0v) is 10.3. The lowest BCUT2D eigenvalue weighted by Gasteiger charge is -2.10. The molecule has 2 nitrogen and oxygen atoms in total. The van der Waals surface area contributed by atoms with Crippen molar-refractivity contribution in [3.05, 3.63) is 0 Å². The molecule has 1 aliphatic carbocycles. The summed E-state index contributed by atoms with van der Waals surface area (Å²) in [6, 6.07) is 0. The lowest BCUT2D eigenvalue weighted by atomic mass is 10.2. The molecule has 0 spiro atoms. The van der Waals surface area contributed by atoms with Gasteiger partial charge in [0, 0.05) is 6.61 Å².